The predicted molar refractivity (Wildman–Crippen MR) is 85.8 cm³/mol. The molecule has 1 aromatic heterocycles. The molecule has 0 N–H and O–H groups in total. The Balaban J connectivity index is 2.80. The van der Waals surface area contributed by atoms with Crippen molar-refractivity contribution in [3.63, 3.8) is 0 Å². The molecule has 1 aromatic carbocycles. The molecule has 0 atom stereocenters. The normalized spacial score (nSPS) is 11.7. The van der Waals surface area contributed by atoms with E-state index < -0.39 is 9.84 Å². The summed E-state index contributed by atoms with van der Waals surface area (Å²) in [6.45, 7) is 1.56. The number of halogens is 2. The molecule has 0 bridgehead atoms. The summed E-state index contributed by atoms with van der Waals surface area (Å²) < 4.78 is 34.1. The van der Waals surface area contributed by atoms with Crippen molar-refractivity contribution in [3.8, 4) is 11.8 Å². The second-order valence-electron chi connectivity index (χ2n) is 4.44. The molecule has 120 valence electrons. The van der Waals surface area contributed by atoms with Crippen LogP contribution in [-0.4, -0.2) is 38.4 Å². The Morgan fingerprint density at radius 3 is 2.27 bits per heavy atom. The molecular weight excluding hydrogens is 351 g/mol. The summed E-state index contributed by atoms with van der Waals surface area (Å²) in [7, 11) is -0.478. The topological polar surface area (TPSA) is 78.4 Å². The van der Waals surface area contributed by atoms with Crippen molar-refractivity contribution in [3.05, 3.63) is 21.7 Å². The predicted octanol–water partition coefficient (Wildman–Crippen LogP) is 2.89. The molecule has 0 fully saturated rings. The molecule has 0 spiro atoms. The molecule has 0 aliphatic rings. The van der Waals surface area contributed by atoms with Gasteiger partial charge in [-0.05, 0) is 6.07 Å². The maximum absolute atomic E-state index is 11.9. The Bertz CT molecular complexity index is 825. The first-order valence-electron chi connectivity index (χ1n) is 6.30. The Hall–Kier alpha value is -1.31. The van der Waals surface area contributed by atoms with Gasteiger partial charge in [0.25, 0.3) is 11.8 Å². The lowest BCUT2D eigenvalue weighted by Gasteiger charge is -2.12. The first-order valence-corrected chi connectivity index (χ1v) is 8.87. The van der Waals surface area contributed by atoms with Crippen LogP contribution in [0.25, 0.3) is 11.0 Å². The highest BCUT2D eigenvalue weighted by atomic mass is 35.5. The van der Waals surface area contributed by atoms with Gasteiger partial charge in [0.2, 0.25) is 0 Å². The average molecular weight is 365 g/mol. The summed E-state index contributed by atoms with van der Waals surface area (Å²) in [5.74, 6) is 0.0305. The van der Waals surface area contributed by atoms with Gasteiger partial charge in [0.1, 0.15) is 0 Å². The second-order valence-corrected chi connectivity index (χ2v) is 7.58. The molecule has 0 aliphatic heterocycles. The van der Waals surface area contributed by atoms with Gasteiger partial charge in [-0.2, -0.15) is 0 Å². The second kappa shape index (κ2) is 6.44. The van der Waals surface area contributed by atoms with E-state index in [0.717, 1.165) is 0 Å². The number of hydrogen-bond acceptors (Lipinski definition) is 6. The smallest absolute Gasteiger partial charge is 0.278 e. The van der Waals surface area contributed by atoms with Gasteiger partial charge in [0.15, 0.2) is 9.84 Å². The van der Waals surface area contributed by atoms with Crippen LogP contribution in [0.1, 0.15) is 12.5 Å². The summed E-state index contributed by atoms with van der Waals surface area (Å²) >= 11 is 12.2. The number of nitrogens with zero attached hydrogens (tertiary/aromatic N) is 2. The number of sulfone groups is 1. The van der Waals surface area contributed by atoms with Crippen molar-refractivity contribution < 1.29 is 17.9 Å². The zero-order valence-electron chi connectivity index (χ0n) is 12.2. The largest absolute Gasteiger partial charge is 0.477 e. The fraction of sp³-hybridized carbons (Fsp3) is 0.385. The minimum Gasteiger partial charge on any atom is -0.477 e. The molecule has 9 heteroatoms. The van der Waals surface area contributed by atoms with Crippen molar-refractivity contribution in [2.75, 3.05) is 20.0 Å². The first kappa shape index (κ1) is 17.1. The standard InChI is InChI=1S/C13H14Cl2N2O4S/c1-4-22(18,19)6-7-10(15)8(14)5-9-11(7)17-13(21-3)12(16-9)20-2/h5H,4,6H2,1-3H3. The fourth-order valence-corrected chi connectivity index (χ4v) is 3.32. The van der Waals surface area contributed by atoms with Crippen LogP contribution in [0.5, 0.6) is 11.8 Å². The maximum Gasteiger partial charge on any atom is 0.278 e. The minimum atomic E-state index is -3.32. The van der Waals surface area contributed by atoms with E-state index in [4.69, 9.17) is 32.7 Å². The van der Waals surface area contributed by atoms with Crippen LogP contribution in [-0.2, 0) is 15.6 Å². The van der Waals surface area contributed by atoms with Gasteiger partial charge < -0.3 is 9.47 Å². The van der Waals surface area contributed by atoms with Crippen LogP contribution in [0.2, 0.25) is 10.0 Å². The Morgan fingerprint density at radius 2 is 1.73 bits per heavy atom. The minimum absolute atomic E-state index is 0.0158. The number of benzene rings is 1. The first-order chi connectivity index (χ1) is 10.3. The summed E-state index contributed by atoms with van der Waals surface area (Å²) in [6, 6.07) is 1.51. The average Bonchev–Trinajstić information content (AvgIpc) is 2.50. The van der Waals surface area contributed by atoms with E-state index in [1.807, 2.05) is 0 Å². The number of rotatable bonds is 5. The monoisotopic (exact) mass is 364 g/mol. The molecule has 22 heavy (non-hydrogen) atoms. The van der Waals surface area contributed by atoms with Crippen LogP contribution < -0.4 is 9.47 Å². The van der Waals surface area contributed by atoms with Crippen molar-refractivity contribution in [2.24, 2.45) is 0 Å². The van der Waals surface area contributed by atoms with Crippen LogP contribution in [0, 0.1) is 0 Å². The summed E-state index contributed by atoms with van der Waals surface area (Å²) in [4.78, 5) is 8.50. The SMILES string of the molecule is CCS(=O)(=O)Cc1c(Cl)c(Cl)cc2nc(OC)c(OC)nc12. The maximum atomic E-state index is 11.9. The Labute approximate surface area is 138 Å². The lowest BCUT2D eigenvalue weighted by Crippen LogP contribution is -2.09. The van der Waals surface area contributed by atoms with E-state index in [1.54, 1.807) is 6.92 Å². The zero-order valence-corrected chi connectivity index (χ0v) is 14.5. The molecular formula is C13H14Cl2N2O4S. The molecule has 0 unspecified atom stereocenters. The van der Waals surface area contributed by atoms with E-state index in [1.165, 1.54) is 20.3 Å². The van der Waals surface area contributed by atoms with E-state index in [-0.39, 0.29) is 33.3 Å². The molecule has 0 amide bonds. The number of aromatic nitrogens is 2. The highest BCUT2D eigenvalue weighted by Crippen LogP contribution is 2.35. The number of methoxy groups -OCH3 is 2. The lowest BCUT2D eigenvalue weighted by molar-refractivity contribution is 0.334. The molecule has 0 saturated heterocycles. The summed E-state index contributed by atoms with van der Waals surface area (Å²) in [5.41, 5.74) is 1.01. The molecule has 1 heterocycles. The van der Waals surface area contributed by atoms with E-state index in [0.29, 0.717) is 16.6 Å². The highest BCUT2D eigenvalue weighted by Gasteiger charge is 2.21. The van der Waals surface area contributed by atoms with Crippen LogP contribution in [0.3, 0.4) is 0 Å². The van der Waals surface area contributed by atoms with Gasteiger partial charge in [-0.15, -0.1) is 0 Å². The van der Waals surface area contributed by atoms with Crippen molar-refractivity contribution >= 4 is 44.1 Å². The third-order valence-corrected chi connectivity index (χ3v) is 5.51. The van der Waals surface area contributed by atoms with Gasteiger partial charge in [-0.3, -0.25) is 0 Å². The van der Waals surface area contributed by atoms with Gasteiger partial charge in [0.05, 0.1) is 41.1 Å². The molecule has 2 aromatic rings. The van der Waals surface area contributed by atoms with Crippen LogP contribution in [0.4, 0.5) is 0 Å². The van der Waals surface area contributed by atoms with E-state index >= 15 is 0 Å². The van der Waals surface area contributed by atoms with Crippen molar-refractivity contribution in [1.29, 1.82) is 0 Å². The molecule has 0 aliphatic carbocycles. The van der Waals surface area contributed by atoms with E-state index in [9.17, 15) is 8.42 Å². The molecule has 0 saturated carbocycles. The molecule has 2 rings (SSSR count). The van der Waals surface area contributed by atoms with Gasteiger partial charge in [-0.25, -0.2) is 18.4 Å². The lowest BCUT2D eigenvalue weighted by atomic mass is 10.2. The van der Waals surface area contributed by atoms with Gasteiger partial charge in [-0.1, -0.05) is 30.1 Å². The molecule has 6 nitrogen and oxygen atoms in total. The van der Waals surface area contributed by atoms with Gasteiger partial charge >= 0.3 is 0 Å². The number of ether oxygens (including phenoxy) is 2. The Kier molecular flexibility index (Phi) is 4.99. The van der Waals surface area contributed by atoms with Crippen LogP contribution >= 0.6 is 23.2 Å². The number of fused-ring (bicyclic) bond motifs is 1. The van der Waals surface area contributed by atoms with Crippen molar-refractivity contribution in [1.82, 2.24) is 9.97 Å². The fourth-order valence-electron chi connectivity index (χ4n) is 1.89. The summed E-state index contributed by atoms with van der Waals surface area (Å²) in [6.07, 6.45) is 0. The highest BCUT2D eigenvalue weighted by molar-refractivity contribution is 7.90. The zero-order chi connectivity index (χ0) is 16.5. The quantitative estimate of drug-likeness (QED) is 0.811. The summed E-state index contributed by atoms with van der Waals surface area (Å²) in [5, 5.41) is 0.352. The number of hydrogen-bond donors (Lipinski definition) is 0. The third-order valence-electron chi connectivity index (χ3n) is 3.08. The van der Waals surface area contributed by atoms with E-state index in [2.05, 4.69) is 9.97 Å². The van der Waals surface area contributed by atoms with Crippen molar-refractivity contribution in [2.45, 2.75) is 12.7 Å². The third kappa shape index (κ3) is 3.21. The van der Waals surface area contributed by atoms with Gasteiger partial charge in [0, 0.05) is 11.3 Å². The Morgan fingerprint density at radius 1 is 1.14 bits per heavy atom. The van der Waals surface area contributed by atoms with Crippen LogP contribution in [0.15, 0.2) is 6.07 Å². The molecule has 0 radical (unpaired) electrons.